The summed E-state index contributed by atoms with van der Waals surface area (Å²) in [5.74, 6) is 0.399. The fourth-order valence-corrected chi connectivity index (χ4v) is 3.14. The molecule has 4 nitrogen and oxygen atoms in total. The fourth-order valence-electron chi connectivity index (χ4n) is 3.14. The molecule has 19 heavy (non-hydrogen) atoms. The molecular weight excluding hydrogens is 238 g/mol. The Morgan fingerprint density at radius 3 is 2.53 bits per heavy atom. The molecule has 1 saturated carbocycles. The van der Waals surface area contributed by atoms with Crippen LogP contribution >= 0.6 is 0 Å². The molecule has 4 heteroatoms. The Morgan fingerprint density at radius 2 is 1.95 bits per heavy atom. The average molecular weight is 271 g/mol. The summed E-state index contributed by atoms with van der Waals surface area (Å²) in [5.41, 5.74) is 5.17. The van der Waals surface area contributed by atoms with Gasteiger partial charge < -0.3 is 20.6 Å². The molecule has 0 saturated heterocycles. The van der Waals surface area contributed by atoms with E-state index in [4.69, 9.17) is 5.73 Å². The van der Waals surface area contributed by atoms with Crippen molar-refractivity contribution in [3.8, 4) is 0 Å². The lowest BCUT2D eigenvalue weighted by Crippen LogP contribution is -2.43. The summed E-state index contributed by atoms with van der Waals surface area (Å²) in [6.45, 7) is 7.12. The molecule has 1 fully saturated rings. The van der Waals surface area contributed by atoms with E-state index in [1.54, 1.807) is 0 Å². The van der Waals surface area contributed by atoms with Crippen molar-refractivity contribution in [2.24, 2.45) is 11.7 Å². The second kappa shape index (κ2) is 8.20. The van der Waals surface area contributed by atoms with Crippen molar-refractivity contribution in [3.63, 3.8) is 0 Å². The zero-order valence-corrected chi connectivity index (χ0v) is 13.1. The number of hydrogen-bond acceptors (Lipinski definition) is 4. The molecule has 0 aromatic rings. The molecule has 2 atom stereocenters. The Hall–Kier alpha value is -0.160. The first-order valence-electron chi connectivity index (χ1n) is 7.81. The summed E-state index contributed by atoms with van der Waals surface area (Å²) in [6.07, 6.45) is 5.44. The van der Waals surface area contributed by atoms with Crippen molar-refractivity contribution in [2.75, 3.05) is 46.8 Å². The Kier molecular flexibility index (Phi) is 7.29. The predicted octanol–water partition coefficient (Wildman–Crippen LogP) is 1.14. The van der Waals surface area contributed by atoms with E-state index in [0.717, 1.165) is 51.9 Å². The van der Waals surface area contributed by atoms with Crippen LogP contribution in [0.25, 0.3) is 0 Å². The minimum atomic E-state index is -0.584. The van der Waals surface area contributed by atoms with Gasteiger partial charge in [-0.2, -0.15) is 0 Å². The SMILES string of the molecule is CCCN(CCC1CCCC1(O)CN)CCN(C)C. The summed E-state index contributed by atoms with van der Waals surface area (Å²) < 4.78 is 0. The van der Waals surface area contributed by atoms with Crippen molar-refractivity contribution in [2.45, 2.75) is 44.6 Å². The van der Waals surface area contributed by atoms with E-state index >= 15 is 0 Å². The highest BCUT2D eigenvalue weighted by atomic mass is 16.3. The van der Waals surface area contributed by atoms with Crippen LogP contribution in [0.2, 0.25) is 0 Å². The maximum atomic E-state index is 10.5. The van der Waals surface area contributed by atoms with Gasteiger partial charge in [-0.05, 0) is 58.8 Å². The molecule has 0 radical (unpaired) electrons. The molecule has 1 aliphatic rings. The van der Waals surface area contributed by atoms with E-state index in [9.17, 15) is 5.11 Å². The fraction of sp³-hybridized carbons (Fsp3) is 1.00. The third-order valence-electron chi connectivity index (χ3n) is 4.47. The Bertz CT molecular complexity index is 248. The van der Waals surface area contributed by atoms with Gasteiger partial charge in [0.2, 0.25) is 0 Å². The van der Waals surface area contributed by atoms with Gasteiger partial charge in [-0.15, -0.1) is 0 Å². The second-order valence-electron chi connectivity index (χ2n) is 6.33. The number of hydrogen-bond donors (Lipinski definition) is 2. The zero-order valence-electron chi connectivity index (χ0n) is 13.1. The van der Waals surface area contributed by atoms with Gasteiger partial charge >= 0.3 is 0 Å². The molecule has 1 rings (SSSR count). The average Bonchev–Trinajstić information content (AvgIpc) is 2.75. The smallest absolute Gasteiger partial charge is 0.0797 e. The molecular formula is C15H33N3O. The molecule has 0 aromatic heterocycles. The van der Waals surface area contributed by atoms with Crippen LogP contribution in [0.5, 0.6) is 0 Å². The monoisotopic (exact) mass is 271 g/mol. The highest BCUT2D eigenvalue weighted by molar-refractivity contribution is 4.93. The van der Waals surface area contributed by atoms with Gasteiger partial charge in [0.15, 0.2) is 0 Å². The van der Waals surface area contributed by atoms with E-state index in [1.807, 2.05) is 0 Å². The van der Waals surface area contributed by atoms with Crippen LogP contribution in [-0.4, -0.2) is 67.3 Å². The van der Waals surface area contributed by atoms with Crippen molar-refractivity contribution in [3.05, 3.63) is 0 Å². The van der Waals surface area contributed by atoms with Gasteiger partial charge in [-0.25, -0.2) is 0 Å². The van der Waals surface area contributed by atoms with Crippen LogP contribution < -0.4 is 5.73 Å². The van der Waals surface area contributed by atoms with E-state index in [1.165, 1.54) is 6.42 Å². The molecule has 0 aromatic carbocycles. The van der Waals surface area contributed by atoms with Gasteiger partial charge in [0.05, 0.1) is 5.60 Å². The third-order valence-corrected chi connectivity index (χ3v) is 4.47. The van der Waals surface area contributed by atoms with Gasteiger partial charge in [-0.1, -0.05) is 13.3 Å². The van der Waals surface area contributed by atoms with Crippen LogP contribution in [0.15, 0.2) is 0 Å². The Balaban J connectivity index is 2.38. The first-order chi connectivity index (χ1) is 9.01. The van der Waals surface area contributed by atoms with Gasteiger partial charge in [0, 0.05) is 19.6 Å². The molecule has 3 N–H and O–H groups in total. The second-order valence-corrected chi connectivity index (χ2v) is 6.33. The van der Waals surface area contributed by atoms with E-state index in [0.29, 0.717) is 12.5 Å². The van der Waals surface area contributed by atoms with Crippen molar-refractivity contribution < 1.29 is 5.11 Å². The molecule has 0 amide bonds. The first kappa shape index (κ1) is 16.9. The van der Waals surface area contributed by atoms with Crippen molar-refractivity contribution in [1.29, 1.82) is 0 Å². The van der Waals surface area contributed by atoms with Crippen molar-refractivity contribution >= 4 is 0 Å². The first-order valence-corrected chi connectivity index (χ1v) is 7.81. The molecule has 1 aliphatic carbocycles. The normalized spacial score (nSPS) is 27.6. The number of nitrogens with zero attached hydrogens (tertiary/aromatic N) is 2. The quantitative estimate of drug-likeness (QED) is 0.660. The molecule has 0 heterocycles. The molecule has 2 unspecified atom stereocenters. The minimum absolute atomic E-state index is 0.399. The lowest BCUT2D eigenvalue weighted by atomic mass is 9.88. The minimum Gasteiger partial charge on any atom is -0.388 e. The number of likely N-dealkylation sites (N-methyl/N-ethyl adjacent to an activating group) is 1. The summed E-state index contributed by atoms with van der Waals surface area (Å²) >= 11 is 0. The van der Waals surface area contributed by atoms with Crippen LogP contribution in [0.1, 0.15) is 39.0 Å². The summed E-state index contributed by atoms with van der Waals surface area (Å²) in [5, 5.41) is 10.5. The topological polar surface area (TPSA) is 52.7 Å². The largest absolute Gasteiger partial charge is 0.388 e. The van der Waals surface area contributed by atoms with Crippen LogP contribution in [0.4, 0.5) is 0 Å². The van der Waals surface area contributed by atoms with Crippen LogP contribution in [0, 0.1) is 5.92 Å². The van der Waals surface area contributed by atoms with E-state index in [2.05, 4.69) is 30.8 Å². The molecule has 0 aliphatic heterocycles. The third kappa shape index (κ3) is 5.38. The zero-order chi connectivity index (χ0) is 14.3. The maximum Gasteiger partial charge on any atom is 0.0797 e. The molecule has 0 spiro atoms. The standard InChI is InChI=1S/C15H33N3O/c1-4-9-18(12-11-17(2)3)10-7-14-6-5-8-15(14,19)13-16/h14,19H,4-13,16H2,1-3H3. The number of nitrogens with two attached hydrogens (primary N) is 1. The molecule has 0 bridgehead atoms. The van der Waals surface area contributed by atoms with Crippen LogP contribution in [0.3, 0.4) is 0 Å². The van der Waals surface area contributed by atoms with Gasteiger partial charge in [-0.3, -0.25) is 0 Å². The molecule has 114 valence electrons. The predicted molar refractivity (Wildman–Crippen MR) is 81.2 cm³/mol. The lowest BCUT2D eigenvalue weighted by molar-refractivity contribution is 0.00440. The highest BCUT2D eigenvalue weighted by Crippen LogP contribution is 2.37. The lowest BCUT2D eigenvalue weighted by Gasteiger charge is -2.31. The number of rotatable bonds is 9. The summed E-state index contributed by atoms with van der Waals surface area (Å²) in [6, 6.07) is 0. The Labute approximate surface area is 118 Å². The van der Waals surface area contributed by atoms with E-state index < -0.39 is 5.60 Å². The van der Waals surface area contributed by atoms with Crippen molar-refractivity contribution in [1.82, 2.24) is 9.80 Å². The van der Waals surface area contributed by atoms with E-state index in [-0.39, 0.29) is 0 Å². The van der Waals surface area contributed by atoms with Gasteiger partial charge in [0.25, 0.3) is 0 Å². The number of aliphatic hydroxyl groups is 1. The summed E-state index contributed by atoms with van der Waals surface area (Å²) in [4.78, 5) is 4.75. The maximum absolute atomic E-state index is 10.5. The van der Waals surface area contributed by atoms with Gasteiger partial charge in [0.1, 0.15) is 0 Å². The van der Waals surface area contributed by atoms with Crippen LogP contribution in [-0.2, 0) is 0 Å². The summed E-state index contributed by atoms with van der Waals surface area (Å²) in [7, 11) is 4.24. The Morgan fingerprint density at radius 1 is 1.21 bits per heavy atom. The highest BCUT2D eigenvalue weighted by Gasteiger charge is 2.39.